The zero-order chi connectivity index (χ0) is 42.5. The maximum atomic E-state index is 12.4. The lowest BCUT2D eigenvalue weighted by atomic mass is 10.0. The second kappa shape index (κ2) is 43.8. The summed E-state index contributed by atoms with van der Waals surface area (Å²) in [5.74, 6) is -1.01. The zero-order valence-electron chi connectivity index (χ0n) is 36.7. The summed E-state index contributed by atoms with van der Waals surface area (Å²) in [5, 5.41) is 0. The van der Waals surface area contributed by atoms with Crippen molar-refractivity contribution in [2.24, 2.45) is 0 Å². The van der Waals surface area contributed by atoms with E-state index in [2.05, 4.69) is 91.3 Å². The van der Waals surface area contributed by atoms with Crippen LogP contribution in [-0.2, 0) is 28.2 Å². The van der Waals surface area contributed by atoms with Crippen LogP contribution in [0.1, 0.15) is 194 Å². The van der Waals surface area contributed by atoms with Crippen molar-refractivity contribution in [2.75, 3.05) is 13.2 Å². The van der Waals surface area contributed by atoms with E-state index in [1.54, 1.807) is 0 Å². The van der Waals surface area contributed by atoms with Gasteiger partial charge in [0.1, 0.15) is 6.61 Å². The van der Waals surface area contributed by atoms with Gasteiger partial charge in [-0.1, -0.05) is 182 Å². The molecule has 0 radical (unpaired) electrons. The van der Waals surface area contributed by atoms with Crippen molar-refractivity contribution in [3.63, 3.8) is 0 Å². The normalized spacial score (nSPS) is 13.2. The van der Waals surface area contributed by atoms with Gasteiger partial charge in [0.05, 0.1) is 6.61 Å². The number of ether oxygens (including phenoxy) is 2. The van der Waals surface area contributed by atoms with Gasteiger partial charge in [0.25, 0.3) is 0 Å². The first-order valence-electron chi connectivity index (χ1n) is 22.9. The first-order chi connectivity index (χ1) is 28.3. The van der Waals surface area contributed by atoms with E-state index in [-0.39, 0.29) is 19.4 Å². The van der Waals surface area contributed by atoms with E-state index in [1.807, 2.05) is 12.2 Å². The van der Waals surface area contributed by atoms with Gasteiger partial charge in [-0.15, -0.1) is 0 Å². The van der Waals surface area contributed by atoms with Crippen LogP contribution in [0.2, 0.25) is 0 Å². The van der Waals surface area contributed by atoms with E-state index in [0.29, 0.717) is 19.3 Å². The van der Waals surface area contributed by atoms with Crippen LogP contribution in [0.5, 0.6) is 0 Å². The molecular weight excluding hydrogens is 748 g/mol. The molecule has 0 aromatic rings. The predicted molar refractivity (Wildman–Crippen MR) is 243 cm³/mol. The van der Waals surface area contributed by atoms with Crippen molar-refractivity contribution in [3.8, 4) is 0 Å². The summed E-state index contributed by atoms with van der Waals surface area (Å²) in [6.07, 6.45) is 59.1. The lowest BCUT2D eigenvalue weighted by molar-refractivity contribution is -0.161. The zero-order valence-corrected chi connectivity index (χ0v) is 37.6. The second-order valence-corrected chi connectivity index (χ2v) is 16.2. The molecule has 0 saturated heterocycles. The van der Waals surface area contributed by atoms with Gasteiger partial charge in [0.15, 0.2) is 6.10 Å². The van der Waals surface area contributed by atoms with E-state index in [4.69, 9.17) is 19.3 Å². The van der Waals surface area contributed by atoms with Crippen molar-refractivity contribution in [1.82, 2.24) is 0 Å². The Hall–Kier alpha value is -2.77. The highest BCUT2D eigenvalue weighted by molar-refractivity contribution is 7.46. The minimum atomic E-state index is -4.79. The molecule has 0 aliphatic heterocycles. The third-order valence-corrected chi connectivity index (χ3v) is 9.86. The lowest BCUT2D eigenvalue weighted by Gasteiger charge is -2.18. The van der Waals surface area contributed by atoms with Gasteiger partial charge in [-0.2, -0.15) is 0 Å². The Labute approximate surface area is 354 Å². The largest absolute Gasteiger partial charge is 0.469 e. The molecule has 0 aliphatic carbocycles. The van der Waals surface area contributed by atoms with Crippen molar-refractivity contribution >= 4 is 19.8 Å². The highest BCUT2D eigenvalue weighted by atomic mass is 31.2. The average Bonchev–Trinajstić information content (AvgIpc) is 3.20. The van der Waals surface area contributed by atoms with E-state index in [1.165, 1.54) is 89.9 Å². The molecule has 0 aromatic carbocycles. The molecule has 0 aliphatic rings. The van der Waals surface area contributed by atoms with Gasteiger partial charge in [-0.3, -0.25) is 14.1 Å². The van der Waals surface area contributed by atoms with Crippen molar-refractivity contribution in [1.29, 1.82) is 0 Å². The molecule has 8 nitrogen and oxygen atoms in total. The number of hydrogen-bond donors (Lipinski definition) is 2. The highest BCUT2D eigenvalue weighted by Gasteiger charge is 2.22. The summed E-state index contributed by atoms with van der Waals surface area (Å²) >= 11 is 0. The van der Waals surface area contributed by atoms with E-state index >= 15 is 0 Å². The monoisotopic (exact) mass is 831 g/mol. The number of hydrogen-bond acceptors (Lipinski definition) is 6. The molecule has 0 unspecified atom stereocenters. The summed E-state index contributed by atoms with van der Waals surface area (Å²) in [6.45, 7) is 3.50. The maximum Gasteiger partial charge on any atom is 0.469 e. The molecule has 332 valence electrons. The fraction of sp³-hybridized carbons (Fsp3) is 0.673. The molecular formula is C49H83O8P. The Kier molecular flexibility index (Phi) is 41.7. The Balaban J connectivity index is 4.00. The molecule has 9 heteroatoms. The molecule has 0 rings (SSSR count). The number of allylic oxidation sites excluding steroid dienone is 14. The predicted octanol–water partition coefficient (Wildman–Crippen LogP) is 14.4. The Morgan fingerprint density at radius 3 is 1.31 bits per heavy atom. The summed E-state index contributed by atoms with van der Waals surface area (Å²) in [5.41, 5.74) is 0. The molecule has 0 aromatic heterocycles. The van der Waals surface area contributed by atoms with Gasteiger partial charge in [-0.05, 0) is 83.5 Å². The van der Waals surface area contributed by atoms with Crippen molar-refractivity contribution in [2.45, 2.75) is 200 Å². The first-order valence-corrected chi connectivity index (χ1v) is 24.4. The maximum absolute atomic E-state index is 12.4. The van der Waals surface area contributed by atoms with Crippen LogP contribution in [0.4, 0.5) is 0 Å². The summed E-state index contributed by atoms with van der Waals surface area (Å²) in [7, 11) is -4.79. The Morgan fingerprint density at radius 2 is 0.845 bits per heavy atom. The smallest absolute Gasteiger partial charge is 0.462 e. The minimum absolute atomic E-state index is 0.121. The van der Waals surface area contributed by atoms with Crippen LogP contribution < -0.4 is 0 Å². The van der Waals surface area contributed by atoms with E-state index in [0.717, 1.165) is 57.8 Å². The van der Waals surface area contributed by atoms with Crippen LogP contribution >= 0.6 is 7.82 Å². The number of phosphoric acid groups is 1. The van der Waals surface area contributed by atoms with Crippen molar-refractivity contribution < 1.29 is 37.9 Å². The van der Waals surface area contributed by atoms with Gasteiger partial charge >= 0.3 is 19.8 Å². The van der Waals surface area contributed by atoms with Gasteiger partial charge in [-0.25, -0.2) is 4.57 Å². The molecule has 1 atom stereocenters. The van der Waals surface area contributed by atoms with Crippen LogP contribution in [0.25, 0.3) is 0 Å². The molecule has 0 bridgehead atoms. The Bertz CT molecular complexity index is 1210. The molecule has 0 saturated carbocycles. The number of phosphoric ester groups is 1. The van der Waals surface area contributed by atoms with Crippen LogP contribution in [0.15, 0.2) is 85.1 Å². The molecule has 0 amide bonds. The Morgan fingerprint density at radius 1 is 0.466 bits per heavy atom. The molecule has 0 heterocycles. The SMILES string of the molecule is CC/C=C/C/C=C/C/C=C/C/C=C/C/C=C/CCCC(=O)O[C@H](COC(=O)CCC/C=C/CC/C=C/CCCCCCCCCCCCCCCC)COP(=O)(O)O. The molecule has 2 N–H and O–H groups in total. The topological polar surface area (TPSA) is 119 Å². The number of esters is 2. The number of unbranched alkanes of at least 4 members (excludes halogenated alkanes) is 17. The lowest BCUT2D eigenvalue weighted by Crippen LogP contribution is -2.29. The third kappa shape index (κ3) is 45.9. The average molecular weight is 831 g/mol. The number of carbonyl (C=O) groups excluding carboxylic acids is 2. The summed E-state index contributed by atoms with van der Waals surface area (Å²) in [4.78, 5) is 42.9. The summed E-state index contributed by atoms with van der Waals surface area (Å²) in [6, 6.07) is 0. The highest BCUT2D eigenvalue weighted by Crippen LogP contribution is 2.36. The van der Waals surface area contributed by atoms with Crippen LogP contribution in [-0.4, -0.2) is 41.0 Å². The number of rotatable bonds is 41. The fourth-order valence-corrected chi connectivity index (χ4v) is 6.38. The third-order valence-electron chi connectivity index (χ3n) is 9.38. The standard InChI is InChI=1S/C49H83O8P/c1-3-5-7-9-11-13-15-17-19-21-22-23-24-25-26-28-29-31-33-35-37-39-41-43-48(50)55-45-47(46-56-58(52,53)54)57-49(51)44-42-40-38-36-34-32-30-27-20-18-16-14-12-10-8-6-4-2/h6,8,12,14,18,20,28-30,32,35-38,47H,3-5,7,9-11,13,15-17,19,21-27,31,33-34,39-46H2,1-2H3,(H2,52,53,54)/b8-6+,14-12+,20-18+,29-28+,32-30+,37-35+,38-36+/t47-/m1/s1. The minimum Gasteiger partial charge on any atom is -0.462 e. The quantitative estimate of drug-likeness (QED) is 0.0271. The van der Waals surface area contributed by atoms with Gasteiger partial charge < -0.3 is 19.3 Å². The van der Waals surface area contributed by atoms with Gasteiger partial charge in [0, 0.05) is 12.8 Å². The van der Waals surface area contributed by atoms with E-state index < -0.39 is 32.5 Å². The van der Waals surface area contributed by atoms with Crippen LogP contribution in [0.3, 0.4) is 0 Å². The molecule has 0 spiro atoms. The fourth-order valence-electron chi connectivity index (χ4n) is 6.02. The first kappa shape index (κ1) is 55.2. The van der Waals surface area contributed by atoms with E-state index in [9.17, 15) is 14.2 Å². The molecule has 0 fully saturated rings. The van der Waals surface area contributed by atoms with Gasteiger partial charge in [0.2, 0.25) is 0 Å². The molecule has 58 heavy (non-hydrogen) atoms. The number of carbonyl (C=O) groups is 2. The van der Waals surface area contributed by atoms with Crippen LogP contribution in [0, 0.1) is 0 Å². The van der Waals surface area contributed by atoms with Crippen molar-refractivity contribution in [3.05, 3.63) is 85.1 Å². The second-order valence-electron chi connectivity index (χ2n) is 15.0. The summed E-state index contributed by atoms with van der Waals surface area (Å²) < 4.78 is 26.3.